The summed E-state index contributed by atoms with van der Waals surface area (Å²) in [5, 5.41) is 2.61. The number of hydrogen-bond donors (Lipinski definition) is 0. The molecular weight excluding hydrogens is 830 g/mol. The van der Waals surface area contributed by atoms with Crippen LogP contribution in [0.1, 0.15) is 22.3 Å². The fourth-order valence-corrected chi connectivity index (χ4v) is 12.9. The van der Waals surface area contributed by atoms with Crippen molar-refractivity contribution >= 4 is 135 Å². The molecule has 0 fully saturated rings. The average Bonchev–Trinajstić information content (AvgIpc) is 3.74. The van der Waals surface area contributed by atoms with E-state index in [2.05, 4.69) is 241 Å². The van der Waals surface area contributed by atoms with Crippen LogP contribution in [0.4, 0.5) is 67.6 Å². The van der Waals surface area contributed by atoms with Crippen molar-refractivity contribution in [3.63, 3.8) is 0 Å². The molecule has 5 heterocycles. The zero-order chi connectivity index (χ0) is 44.7. The molecule has 316 valence electrons. The molecule has 0 atom stereocenters. The monoisotopic (exact) mass is 874 g/mol. The molecule has 14 rings (SSSR count). The summed E-state index contributed by atoms with van der Waals surface area (Å²) in [7, 11) is 0. The molecule has 0 aliphatic carbocycles. The maximum absolute atomic E-state index is 2.64. The largest absolute Gasteiger partial charge is 0.311 e. The van der Waals surface area contributed by atoms with E-state index in [1.54, 1.807) is 0 Å². The molecule has 0 bridgehead atoms. The van der Waals surface area contributed by atoms with Crippen LogP contribution >= 0.6 is 11.3 Å². The van der Waals surface area contributed by atoms with Crippen molar-refractivity contribution < 1.29 is 0 Å². The highest BCUT2D eigenvalue weighted by Crippen LogP contribution is 2.50. The van der Waals surface area contributed by atoms with E-state index in [0.29, 0.717) is 0 Å². The number of rotatable bonds is 4. The van der Waals surface area contributed by atoms with E-state index in [1.807, 2.05) is 11.3 Å². The summed E-state index contributed by atoms with van der Waals surface area (Å²) in [6.45, 7) is 8.67. The lowest BCUT2D eigenvalue weighted by Crippen LogP contribution is -2.65. The number of para-hydroxylation sites is 1. The van der Waals surface area contributed by atoms with Crippen LogP contribution in [0.2, 0.25) is 0 Å². The molecule has 1 aromatic heterocycles. The summed E-state index contributed by atoms with van der Waals surface area (Å²) in [6.07, 6.45) is 0. The van der Waals surface area contributed by atoms with Gasteiger partial charge in [-0.3, -0.25) is 0 Å². The topological polar surface area (TPSA) is 13.0 Å². The van der Waals surface area contributed by atoms with Gasteiger partial charge < -0.3 is 19.6 Å². The predicted molar refractivity (Wildman–Crippen MR) is 289 cm³/mol. The van der Waals surface area contributed by atoms with Crippen LogP contribution in [-0.2, 0) is 0 Å². The van der Waals surface area contributed by atoms with Crippen molar-refractivity contribution in [1.29, 1.82) is 0 Å². The van der Waals surface area contributed by atoms with E-state index in [4.69, 9.17) is 0 Å². The van der Waals surface area contributed by atoms with Gasteiger partial charge in [0.1, 0.15) is 0 Å². The average molecular weight is 875 g/mol. The van der Waals surface area contributed by atoms with Crippen LogP contribution in [0.3, 0.4) is 0 Å². The molecule has 0 radical (unpaired) electrons. The minimum atomic E-state index is -0.0200. The standard InChI is InChI=1S/C60H44B2N4S/c1-37-19-27-41(28-20-37)63-49-13-7-6-12-46(49)61-47-35-48-55(36-54(47)64(42-29-21-38(2)22-30-42)51-15-9-14-50(63)58(51)61)65(43-31-23-39(3)24-32-43)52-16-10-17-53-59(52)62(48)57-45-11-5-8-18-56(45)67-60(57)66(53)44-33-25-40(4)26-34-44/h5-36H,1-4H3. The minimum Gasteiger partial charge on any atom is -0.311 e. The van der Waals surface area contributed by atoms with Gasteiger partial charge in [0, 0.05) is 67.3 Å². The summed E-state index contributed by atoms with van der Waals surface area (Å²) in [4.78, 5) is 10.2. The van der Waals surface area contributed by atoms with E-state index in [1.165, 1.54) is 116 Å². The Bertz CT molecular complexity index is 3660. The lowest BCUT2D eigenvalue weighted by Gasteiger charge is -2.46. The van der Waals surface area contributed by atoms with E-state index in [-0.39, 0.29) is 13.4 Å². The molecule has 9 aromatic carbocycles. The van der Waals surface area contributed by atoms with Crippen LogP contribution in [0, 0.1) is 27.7 Å². The highest BCUT2D eigenvalue weighted by molar-refractivity contribution is 7.26. The lowest BCUT2D eigenvalue weighted by molar-refractivity contribution is 1.23. The van der Waals surface area contributed by atoms with Gasteiger partial charge in [0.05, 0.1) is 5.00 Å². The molecule has 0 saturated heterocycles. The van der Waals surface area contributed by atoms with E-state index >= 15 is 0 Å². The van der Waals surface area contributed by atoms with Crippen molar-refractivity contribution in [1.82, 2.24) is 0 Å². The molecule has 7 heteroatoms. The summed E-state index contributed by atoms with van der Waals surface area (Å²) in [5.41, 5.74) is 26.2. The van der Waals surface area contributed by atoms with E-state index < -0.39 is 0 Å². The Morgan fingerprint density at radius 1 is 0.313 bits per heavy atom. The Morgan fingerprint density at radius 2 is 0.716 bits per heavy atom. The first-order valence-corrected chi connectivity index (χ1v) is 24.2. The van der Waals surface area contributed by atoms with Gasteiger partial charge in [0.25, 0.3) is 13.4 Å². The molecule has 4 nitrogen and oxygen atoms in total. The lowest BCUT2D eigenvalue weighted by atomic mass is 9.30. The van der Waals surface area contributed by atoms with Gasteiger partial charge in [-0.25, -0.2) is 0 Å². The molecule has 10 aromatic rings. The first-order valence-electron chi connectivity index (χ1n) is 23.4. The first kappa shape index (κ1) is 38.5. The second-order valence-electron chi connectivity index (χ2n) is 18.8. The third-order valence-electron chi connectivity index (χ3n) is 14.7. The zero-order valence-corrected chi connectivity index (χ0v) is 38.6. The van der Waals surface area contributed by atoms with Gasteiger partial charge >= 0.3 is 0 Å². The molecule has 0 unspecified atom stereocenters. The number of aryl methyl sites for hydroxylation is 4. The predicted octanol–water partition coefficient (Wildman–Crippen LogP) is 12.3. The molecule has 67 heavy (non-hydrogen) atoms. The smallest absolute Gasteiger partial charge is 0.254 e. The number of benzene rings is 9. The Kier molecular flexibility index (Phi) is 8.27. The maximum Gasteiger partial charge on any atom is 0.254 e. The third-order valence-corrected chi connectivity index (χ3v) is 15.9. The van der Waals surface area contributed by atoms with Gasteiger partial charge in [0.2, 0.25) is 0 Å². The fraction of sp³-hybridized carbons (Fsp3) is 0.0667. The second-order valence-corrected chi connectivity index (χ2v) is 19.8. The van der Waals surface area contributed by atoms with E-state index in [9.17, 15) is 0 Å². The number of hydrogen-bond acceptors (Lipinski definition) is 5. The van der Waals surface area contributed by atoms with Crippen LogP contribution in [0.25, 0.3) is 10.1 Å². The van der Waals surface area contributed by atoms with Crippen molar-refractivity contribution in [2.24, 2.45) is 0 Å². The van der Waals surface area contributed by atoms with Gasteiger partial charge in [-0.05, 0) is 157 Å². The molecule has 0 spiro atoms. The summed E-state index contributed by atoms with van der Waals surface area (Å²) < 4.78 is 1.31. The van der Waals surface area contributed by atoms with Crippen LogP contribution in [-0.4, -0.2) is 13.4 Å². The van der Waals surface area contributed by atoms with E-state index in [0.717, 1.165) is 17.1 Å². The number of fused-ring (bicyclic) bond motifs is 10. The normalized spacial score (nSPS) is 13.8. The summed E-state index contributed by atoms with van der Waals surface area (Å²) in [5.74, 6) is 0. The summed E-state index contributed by atoms with van der Waals surface area (Å²) in [6, 6.07) is 73.7. The Morgan fingerprint density at radius 3 is 1.25 bits per heavy atom. The van der Waals surface area contributed by atoms with Crippen molar-refractivity contribution in [2.45, 2.75) is 27.7 Å². The molecule has 4 aliphatic rings. The Labute approximate surface area is 396 Å². The SMILES string of the molecule is Cc1ccc(N2c3ccccc3B3c4cc5c(cc4N(c4ccc(C)cc4)c4cccc2c43)N(c2ccc(C)cc2)c2cccc3c2B5c2c(sc4ccccc24)N3c2ccc(C)cc2)cc1. The first-order chi connectivity index (χ1) is 32.9. The minimum absolute atomic E-state index is 0.0121. The van der Waals surface area contributed by atoms with Crippen LogP contribution < -0.4 is 52.4 Å². The Balaban J connectivity index is 1.10. The molecule has 0 saturated carbocycles. The van der Waals surface area contributed by atoms with Crippen molar-refractivity contribution in [3.05, 3.63) is 216 Å². The molecule has 0 amide bonds. The Hall–Kier alpha value is -7.73. The molecule has 0 N–H and O–H groups in total. The number of anilines is 12. The zero-order valence-electron chi connectivity index (χ0n) is 37.8. The second kappa shape index (κ2) is 14.4. The molecule has 4 aliphatic heterocycles. The van der Waals surface area contributed by atoms with Crippen molar-refractivity contribution in [2.75, 3.05) is 19.6 Å². The van der Waals surface area contributed by atoms with Gasteiger partial charge in [-0.2, -0.15) is 0 Å². The van der Waals surface area contributed by atoms with Crippen LogP contribution in [0.5, 0.6) is 0 Å². The van der Waals surface area contributed by atoms with Gasteiger partial charge in [0.15, 0.2) is 0 Å². The quantitative estimate of drug-likeness (QED) is 0.163. The van der Waals surface area contributed by atoms with Gasteiger partial charge in [-0.1, -0.05) is 125 Å². The van der Waals surface area contributed by atoms with Gasteiger partial charge in [-0.15, -0.1) is 11.3 Å². The number of nitrogens with zero attached hydrogens (tertiary/aromatic N) is 4. The third kappa shape index (κ3) is 5.55. The van der Waals surface area contributed by atoms with Crippen LogP contribution in [0.15, 0.2) is 194 Å². The van der Waals surface area contributed by atoms with Crippen molar-refractivity contribution in [3.8, 4) is 0 Å². The molecular formula is C60H44B2N4S. The highest BCUT2D eigenvalue weighted by atomic mass is 32.1. The highest BCUT2D eigenvalue weighted by Gasteiger charge is 2.49. The number of thiophene rings is 1. The maximum atomic E-state index is 2.64. The fourth-order valence-electron chi connectivity index (χ4n) is 11.6. The summed E-state index contributed by atoms with van der Waals surface area (Å²) >= 11 is 1.92.